The fourth-order valence-electron chi connectivity index (χ4n) is 2.29. The maximum absolute atomic E-state index is 6.25. The summed E-state index contributed by atoms with van der Waals surface area (Å²) in [7, 11) is 4.36. The van der Waals surface area contributed by atoms with E-state index in [2.05, 4.69) is 23.9 Å². The van der Waals surface area contributed by atoms with Crippen molar-refractivity contribution in [1.29, 1.82) is 0 Å². The van der Waals surface area contributed by atoms with Gasteiger partial charge in [0.1, 0.15) is 0 Å². The molecule has 0 saturated carbocycles. The molecule has 0 bridgehead atoms. The number of hydrogen-bond acceptors (Lipinski definition) is 4. The van der Waals surface area contributed by atoms with Gasteiger partial charge in [-0.3, -0.25) is 0 Å². The zero-order chi connectivity index (χ0) is 12.4. The third kappa shape index (κ3) is 3.42. The van der Waals surface area contributed by atoms with E-state index in [4.69, 9.17) is 17.3 Å². The lowest BCUT2D eigenvalue weighted by Gasteiger charge is -2.38. The van der Waals surface area contributed by atoms with E-state index >= 15 is 0 Å². The Balaban J connectivity index is 1.95. The lowest BCUT2D eigenvalue weighted by Crippen LogP contribution is -2.50. The van der Waals surface area contributed by atoms with Crippen molar-refractivity contribution in [2.45, 2.75) is 18.5 Å². The molecule has 17 heavy (non-hydrogen) atoms. The predicted octanol–water partition coefficient (Wildman–Crippen LogP) is 2.04. The van der Waals surface area contributed by atoms with Crippen molar-refractivity contribution in [3.63, 3.8) is 0 Å². The summed E-state index contributed by atoms with van der Waals surface area (Å²) in [6.07, 6.45) is 0.998. The number of nitrogens with two attached hydrogens (primary N) is 1. The summed E-state index contributed by atoms with van der Waals surface area (Å²) < 4.78 is 0.824. The molecule has 1 aliphatic heterocycles. The normalized spacial score (nSPS) is 25.1. The van der Waals surface area contributed by atoms with Gasteiger partial charge in [-0.2, -0.15) is 0 Å². The molecular formula is C12H20ClN3S. The Labute approximate surface area is 112 Å². The van der Waals surface area contributed by atoms with Gasteiger partial charge >= 0.3 is 0 Å². The van der Waals surface area contributed by atoms with Gasteiger partial charge in [0.2, 0.25) is 0 Å². The Hall–Kier alpha value is -0.130. The van der Waals surface area contributed by atoms with Gasteiger partial charge in [0, 0.05) is 36.6 Å². The molecular weight excluding hydrogens is 254 g/mol. The van der Waals surface area contributed by atoms with E-state index in [9.17, 15) is 0 Å². The largest absolute Gasteiger partial charge is 0.323 e. The van der Waals surface area contributed by atoms with Crippen molar-refractivity contribution < 1.29 is 0 Å². The summed E-state index contributed by atoms with van der Waals surface area (Å²) in [5.41, 5.74) is 6.25. The third-order valence-corrected chi connectivity index (χ3v) is 4.83. The van der Waals surface area contributed by atoms with Gasteiger partial charge in [0.25, 0.3) is 0 Å². The molecule has 0 spiro atoms. The van der Waals surface area contributed by atoms with Crippen LogP contribution in [0.1, 0.15) is 17.3 Å². The SMILES string of the molecule is CN1CCN(C)C(CC(N)c2ccc(Cl)s2)C1. The highest BCUT2D eigenvalue weighted by atomic mass is 35.5. The Bertz CT molecular complexity index is 368. The minimum absolute atomic E-state index is 0.103. The van der Waals surface area contributed by atoms with E-state index in [0.717, 1.165) is 30.4 Å². The molecule has 0 aliphatic carbocycles. The molecule has 1 aliphatic rings. The lowest BCUT2D eigenvalue weighted by molar-refractivity contribution is 0.104. The van der Waals surface area contributed by atoms with Crippen LogP contribution in [0.3, 0.4) is 0 Å². The van der Waals surface area contributed by atoms with E-state index in [1.807, 2.05) is 12.1 Å². The lowest BCUT2D eigenvalue weighted by atomic mass is 10.0. The maximum atomic E-state index is 6.25. The number of nitrogens with zero attached hydrogens (tertiary/aromatic N) is 2. The van der Waals surface area contributed by atoms with E-state index in [1.54, 1.807) is 11.3 Å². The molecule has 1 saturated heterocycles. The number of rotatable bonds is 3. The first-order valence-corrected chi connectivity index (χ1v) is 7.15. The van der Waals surface area contributed by atoms with Crippen LogP contribution in [0.15, 0.2) is 12.1 Å². The molecule has 96 valence electrons. The minimum Gasteiger partial charge on any atom is -0.323 e. The number of thiophene rings is 1. The highest BCUT2D eigenvalue weighted by molar-refractivity contribution is 7.16. The Morgan fingerprint density at radius 2 is 2.24 bits per heavy atom. The fourth-order valence-corrected chi connectivity index (χ4v) is 3.37. The van der Waals surface area contributed by atoms with E-state index in [-0.39, 0.29) is 6.04 Å². The van der Waals surface area contributed by atoms with E-state index in [0.29, 0.717) is 6.04 Å². The van der Waals surface area contributed by atoms with Crippen LogP contribution in [-0.2, 0) is 0 Å². The second-order valence-electron chi connectivity index (χ2n) is 4.88. The molecule has 3 nitrogen and oxygen atoms in total. The molecule has 0 radical (unpaired) electrons. The first kappa shape index (κ1) is 13.3. The van der Waals surface area contributed by atoms with Crippen molar-refractivity contribution in [2.75, 3.05) is 33.7 Å². The van der Waals surface area contributed by atoms with Crippen molar-refractivity contribution in [3.05, 3.63) is 21.3 Å². The van der Waals surface area contributed by atoms with Gasteiger partial charge in [-0.25, -0.2) is 0 Å². The van der Waals surface area contributed by atoms with Crippen molar-refractivity contribution >= 4 is 22.9 Å². The summed E-state index contributed by atoms with van der Waals surface area (Å²) >= 11 is 7.54. The first-order valence-electron chi connectivity index (χ1n) is 5.96. The number of piperazine rings is 1. The van der Waals surface area contributed by atoms with Crippen LogP contribution in [0.25, 0.3) is 0 Å². The summed E-state index contributed by atoms with van der Waals surface area (Å²) in [4.78, 5) is 5.98. The monoisotopic (exact) mass is 273 g/mol. The van der Waals surface area contributed by atoms with Crippen LogP contribution in [0.4, 0.5) is 0 Å². The number of halogens is 1. The van der Waals surface area contributed by atoms with Crippen LogP contribution in [0.2, 0.25) is 4.34 Å². The second kappa shape index (κ2) is 5.67. The molecule has 2 N–H and O–H groups in total. The molecule has 5 heteroatoms. The minimum atomic E-state index is 0.103. The van der Waals surface area contributed by atoms with Crippen molar-refractivity contribution in [2.24, 2.45) is 5.73 Å². The number of likely N-dealkylation sites (N-methyl/N-ethyl adjacent to an activating group) is 2. The average Bonchev–Trinajstić information content (AvgIpc) is 2.70. The predicted molar refractivity (Wildman–Crippen MR) is 74.8 cm³/mol. The third-order valence-electron chi connectivity index (χ3n) is 3.47. The molecule has 1 fully saturated rings. The fraction of sp³-hybridized carbons (Fsp3) is 0.667. The van der Waals surface area contributed by atoms with Gasteiger partial charge in [-0.15, -0.1) is 11.3 Å². The first-order chi connectivity index (χ1) is 8.06. The van der Waals surface area contributed by atoms with Crippen LogP contribution in [0, 0.1) is 0 Å². The van der Waals surface area contributed by atoms with Crippen molar-refractivity contribution in [1.82, 2.24) is 9.80 Å². The second-order valence-corrected chi connectivity index (χ2v) is 6.63. The Morgan fingerprint density at radius 1 is 1.47 bits per heavy atom. The van der Waals surface area contributed by atoms with E-state index in [1.165, 1.54) is 4.88 Å². The zero-order valence-corrected chi connectivity index (χ0v) is 12.0. The molecule has 2 rings (SSSR count). The highest BCUT2D eigenvalue weighted by Gasteiger charge is 2.24. The molecule has 2 unspecified atom stereocenters. The van der Waals surface area contributed by atoms with Crippen LogP contribution in [0.5, 0.6) is 0 Å². The summed E-state index contributed by atoms with van der Waals surface area (Å²) in [6, 6.07) is 4.62. The van der Waals surface area contributed by atoms with E-state index < -0.39 is 0 Å². The quantitative estimate of drug-likeness (QED) is 0.915. The molecule has 0 aromatic carbocycles. The smallest absolute Gasteiger partial charge is 0.0931 e. The molecule has 0 amide bonds. The van der Waals surface area contributed by atoms with Gasteiger partial charge in [0.05, 0.1) is 4.34 Å². The van der Waals surface area contributed by atoms with Crippen LogP contribution in [-0.4, -0.2) is 49.6 Å². The standard InChI is InChI=1S/C12H20ClN3S/c1-15-5-6-16(2)9(8-15)7-10(14)11-3-4-12(13)17-11/h3-4,9-10H,5-8,14H2,1-2H3. The molecule has 1 aromatic heterocycles. The topological polar surface area (TPSA) is 32.5 Å². The average molecular weight is 274 g/mol. The Morgan fingerprint density at radius 3 is 2.88 bits per heavy atom. The zero-order valence-electron chi connectivity index (χ0n) is 10.4. The van der Waals surface area contributed by atoms with Gasteiger partial charge in [-0.05, 0) is 32.6 Å². The van der Waals surface area contributed by atoms with Crippen LogP contribution >= 0.6 is 22.9 Å². The van der Waals surface area contributed by atoms with Gasteiger partial charge < -0.3 is 15.5 Å². The summed E-state index contributed by atoms with van der Waals surface area (Å²) in [5.74, 6) is 0. The Kier molecular flexibility index (Phi) is 4.44. The highest BCUT2D eigenvalue weighted by Crippen LogP contribution is 2.29. The molecule has 1 aromatic rings. The van der Waals surface area contributed by atoms with Crippen LogP contribution < -0.4 is 5.73 Å². The molecule has 2 heterocycles. The number of hydrogen-bond donors (Lipinski definition) is 1. The summed E-state index contributed by atoms with van der Waals surface area (Å²) in [6.45, 7) is 3.37. The maximum Gasteiger partial charge on any atom is 0.0931 e. The van der Waals surface area contributed by atoms with Crippen molar-refractivity contribution in [3.8, 4) is 0 Å². The van der Waals surface area contributed by atoms with Gasteiger partial charge in [0.15, 0.2) is 0 Å². The summed E-state index contributed by atoms with van der Waals surface area (Å²) in [5, 5.41) is 0. The van der Waals surface area contributed by atoms with Gasteiger partial charge in [-0.1, -0.05) is 11.6 Å². The molecule has 2 atom stereocenters.